The number of alkyl halides is 3. The first kappa shape index (κ1) is 22.4. The van der Waals surface area contributed by atoms with Crippen molar-refractivity contribution in [1.29, 1.82) is 0 Å². The van der Waals surface area contributed by atoms with Crippen molar-refractivity contribution in [2.75, 3.05) is 24.7 Å². The maximum atomic E-state index is 13.5. The van der Waals surface area contributed by atoms with Gasteiger partial charge in [-0.1, -0.05) is 33.2 Å². The van der Waals surface area contributed by atoms with Crippen LogP contribution in [0, 0.1) is 10.8 Å². The monoisotopic (exact) mass is 504 g/mol. The zero-order valence-corrected chi connectivity index (χ0v) is 19.3. The molecule has 2 aliphatic rings. The molecule has 172 valence electrons. The first-order valence-corrected chi connectivity index (χ1v) is 13.0. The molecule has 0 amide bonds. The second-order valence-electron chi connectivity index (χ2n) is 8.70. The fraction of sp³-hybridized carbons (Fsp3) is 0.550. The maximum absolute atomic E-state index is 13.5. The Balaban J connectivity index is 1.35. The summed E-state index contributed by atoms with van der Waals surface area (Å²) in [6.45, 7) is 0.587. The van der Waals surface area contributed by atoms with E-state index in [1.54, 1.807) is 33.7 Å². The van der Waals surface area contributed by atoms with Crippen molar-refractivity contribution in [3.8, 4) is 5.88 Å². The normalized spacial score (nSPS) is 18.9. The molecule has 0 atom stereocenters. The molecule has 6 nitrogen and oxygen atoms in total. The molecular weight excluding hydrogens is 485 g/mol. The highest BCUT2D eigenvalue weighted by Crippen LogP contribution is 2.53. The molecule has 12 heteroatoms. The van der Waals surface area contributed by atoms with E-state index in [0.29, 0.717) is 12.1 Å². The number of hydrogen-bond acceptors (Lipinski definition) is 7. The van der Waals surface area contributed by atoms with Crippen LogP contribution in [0.1, 0.15) is 31.5 Å². The molecule has 0 radical (unpaired) electrons. The van der Waals surface area contributed by atoms with Gasteiger partial charge in [0.2, 0.25) is 11.5 Å². The molecule has 1 N–H and O–H groups in total. The van der Waals surface area contributed by atoms with Crippen LogP contribution in [0.4, 0.5) is 13.2 Å². The second kappa shape index (κ2) is 8.11. The van der Waals surface area contributed by atoms with Gasteiger partial charge in [0.15, 0.2) is 0 Å². The highest BCUT2D eigenvalue weighted by atomic mass is 35.5. The molecule has 0 spiro atoms. The molecule has 2 heterocycles. The zero-order chi connectivity index (χ0) is 22.6. The van der Waals surface area contributed by atoms with Crippen LogP contribution in [0.2, 0.25) is 5.02 Å². The van der Waals surface area contributed by atoms with Gasteiger partial charge in [-0.15, -0.1) is 10.2 Å². The lowest BCUT2D eigenvalue weighted by Crippen LogP contribution is -2.17. The predicted molar refractivity (Wildman–Crippen MR) is 119 cm³/mol. The third-order valence-electron chi connectivity index (χ3n) is 6.09. The Labute approximate surface area is 194 Å². The minimum atomic E-state index is -4.69. The quantitative estimate of drug-likeness (QED) is 0.314. The van der Waals surface area contributed by atoms with Gasteiger partial charge in [0, 0.05) is 34.0 Å². The van der Waals surface area contributed by atoms with E-state index in [4.69, 9.17) is 16.3 Å². The predicted octanol–water partition coefficient (Wildman–Crippen LogP) is 5.26. The Hall–Kier alpha value is -1.43. The zero-order valence-electron chi connectivity index (χ0n) is 16.9. The lowest BCUT2D eigenvalue weighted by Gasteiger charge is -2.17. The molecule has 0 saturated heterocycles. The van der Waals surface area contributed by atoms with Crippen molar-refractivity contribution in [2.45, 2.75) is 31.9 Å². The minimum absolute atomic E-state index is 0.0197. The van der Waals surface area contributed by atoms with E-state index in [2.05, 4.69) is 15.2 Å². The van der Waals surface area contributed by atoms with Crippen molar-refractivity contribution in [2.24, 2.45) is 10.8 Å². The van der Waals surface area contributed by atoms with Crippen molar-refractivity contribution in [3.63, 3.8) is 0 Å². The molecule has 0 bridgehead atoms. The van der Waals surface area contributed by atoms with E-state index in [0.717, 1.165) is 41.6 Å². The van der Waals surface area contributed by atoms with Crippen LogP contribution in [-0.2, 0) is 6.18 Å². The maximum Gasteiger partial charge on any atom is 0.452 e. The summed E-state index contributed by atoms with van der Waals surface area (Å²) in [7, 11) is 3.53. The molecule has 3 aromatic rings. The number of rotatable bonds is 9. The molecule has 2 saturated carbocycles. The summed E-state index contributed by atoms with van der Waals surface area (Å²) in [6.07, 6.45) is -0.541. The fourth-order valence-corrected chi connectivity index (χ4v) is 7.03. The number of fused-ring (bicyclic) bond motifs is 3. The van der Waals surface area contributed by atoms with E-state index in [9.17, 15) is 18.3 Å². The minimum Gasteiger partial charge on any atom is -0.474 e. The van der Waals surface area contributed by atoms with E-state index in [1.165, 1.54) is 6.07 Å². The van der Waals surface area contributed by atoms with Crippen LogP contribution in [0.3, 0.4) is 0 Å². The summed E-state index contributed by atoms with van der Waals surface area (Å²) in [5, 5.41) is 16.8. The fourth-order valence-electron chi connectivity index (χ4n) is 3.45. The Morgan fingerprint density at radius 2 is 1.78 bits per heavy atom. The number of nitrogens with zero attached hydrogens (tertiary/aromatic N) is 4. The van der Waals surface area contributed by atoms with Gasteiger partial charge in [-0.3, -0.25) is 4.40 Å². The van der Waals surface area contributed by atoms with Gasteiger partial charge in [0.05, 0.1) is 17.6 Å². The Morgan fingerprint density at radius 1 is 1.09 bits per heavy atom. The summed E-state index contributed by atoms with van der Waals surface area (Å²) in [4.78, 5) is 4.41. The molecular formula is C20H20ClF3N4O2S2. The van der Waals surface area contributed by atoms with Crippen LogP contribution in [-0.4, -0.2) is 49.4 Å². The van der Waals surface area contributed by atoms with Crippen LogP contribution in [0.25, 0.3) is 16.7 Å². The van der Waals surface area contributed by atoms with Crippen molar-refractivity contribution < 1.29 is 23.0 Å². The SMILES string of the molecule is OCC1(CSSCC2(COc3nc4ccc(Cl)cc4n4c(C(F)(F)F)nnc34)CC2)CC1. The summed E-state index contributed by atoms with van der Waals surface area (Å²) >= 11 is 6.01. The molecule has 2 aromatic heterocycles. The second-order valence-corrected chi connectivity index (χ2v) is 11.6. The number of aromatic nitrogens is 4. The van der Waals surface area contributed by atoms with Crippen LogP contribution >= 0.6 is 33.2 Å². The van der Waals surface area contributed by atoms with Crippen LogP contribution in [0.15, 0.2) is 18.2 Å². The van der Waals surface area contributed by atoms with Gasteiger partial charge in [-0.05, 0) is 43.9 Å². The Kier molecular flexibility index (Phi) is 5.67. The number of halogens is 4. The van der Waals surface area contributed by atoms with Crippen LogP contribution < -0.4 is 4.74 Å². The Morgan fingerprint density at radius 3 is 2.41 bits per heavy atom. The van der Waals surface area contributed by atoms with Crippen molar-refractivity contribution in [1.82, 2.24) is 19.6 Å². The van der Waals surface area contributed by atoms with Gasteiger partial charge < -0.3 is 9.84 Å². The lowest BCUT2D eigenvalue weighted by atomic mass is 10.2. The molecule has 32 heavy (non-hydrogen) atoms. The molecule has 2 aliphatic carbocycles. The number of benzene rings is 1. The molecule has 2 fully saturated rings. The molecule has 0 aliphatic heterocycles. The van der Waals surface area contributed by atoms with Gasteiger partial charge in [0.1, 0.15) is 0 Å². The summed E-state index contributed by atoms with van der Waals surface area (Å²) < 4.78 is 47.5. The highest BCUT2D eigenvalue weighted by molar-refractivity contribution is 8.76. The standard InChI is InChI=1S/C20H20ClF3N4O2S2/c21-12-1-2-13-14(7-12)28-15(26-27-17(28)20(22,23)24)16(25-13)30-9-19(5-6-19)11-32-31-10-18(8-29)3-4-18/h1-2,7,29H,3-6,8-11H2. The molecule has 5 rings (SSSR count). The number of aliphatic hydroxyl groups excluding tert-OH is 1. The number of aliphatic hydroxyl groups is 1. The van der Waals surface area contributed by atoms with E-state index >= 15 is 0 Å². The summed E-state index contributed by atoms with van der Waals surface area (Å²) in [5.41, 5.74) is 0.495. The van der Waals surface area contributed by atoms with Gasteiger partial charge >= 0.3 is 6.18 Å². The first-order chi connectivity index (χ1) is 15.2. The molecule has 1 aromatic carbocycles. The van der Waals surface area contributed by atoms with Gasteiger partial charge in [-0.25, -0.2) is 4.98 Å². The Bertz CT molecular complexity index is 1170. The third-order valence-corrected chi connectivity index (χ3v) is 9.16. The van der Waals surface area contributed by atoms with Crippen molar-refractivity contribution in [3.05, 3.63) is 29.0 Å². The molecule has 0 unspecified atom stereocenters. The smallest absolute Gasteiger partial charge is 0.452 e. The van der Waals surface area contributed by atoms with E-state index in [-0.39, 0.29) is 39.5 Å². The third kappa shape index (κ3) is 4.36. The average Bonchev–Trinajstić information content (AvgIpc) is 3.66. The summed E-state index contributed by atoms with van der Waals surface area (Å²) in [5.74, 6) is 0.696. The van der Waals surface area contributed by atoms with Gasteiger partial charge in [0.25, 0.3) is 5.88 Å². The highest BCUT2D eigenvalue weighted by Gasteiger charge is 2.45. The lowest BCUT2D eigenvalue weighted by molar-refractivity contribution is -0.145. The number of hydrogen-bond donors (Lipinski definition) is 1. The van der Waals surface area contributed by atoms with Crippen molar-refractivity contribution >= 4 is 49.9 Å². The van der Waals surface area contributed by atoms with Crippen LogP contribution in [0.5, 0.6) is 5.88 Å². The van der Waals surface area contributed by atoms with E-state index in [1.807, 2.05) is 0 Å². The summed E-state index contributed by atoms with van der Waals surface area (Å²) in [6, 6.07) is 4.53. The average molecular weight is 505 g/mol. The topological polar surface area (TPSA) is 72.5 Å². The van der Waals surface area contributed by atoms with Gasteiger partial charge in [-0.2, -0.15) is 13.2 Å². The van der Waals surface area contributed by atoms with E-state index < -0.39 is 12.0 Å². The largest absolute Gasteiger partial charge is 0.474 e. The first-order valence-electron chi connectivity index (χ1n) is 10.1. The number of ether oxygens (including phenoxy) is 1.